The van der Waals surface area contributed by atoms with Gasteiger partial charge in [-0.25, -0.2) is 4.98 Å². The van der Waals surface area contributed by atoms with Gasteiger partial charge in [0.25, 0.3) is 0 Å². The molecule has 2 rings (SSSR count). The van der Waals surface area contributed by atoms with Crippen LogP contribution in [0.4, 0.5) is 0 Å². The van der Waals surface area contributed by atoms with Crippen molar-refractivity contribution in [1.82, 2.24) is 4.98 Å². The van der Waals surface area contributed by atoms with Crippen molar-refractivity contribution in [2.24, 2.45) is 5.73 Å². The van der Waals surface area contributed by atoms with E-state index in [-0.39, 0.29) is 6.04 Å². The van der Waals surface area contributed by atoms with E-state index in [1.165, 1.54) is 0 Å². The summed E-state index contributed by atoms with van der Waals surface area (Å²) in [5.74, 6) is 0.839. The highest BCUT2D eigenvalue weighted by Crippen LogP contribution is 2.21. The molecule has 3 nitrogen and oxygen atoms in total. The van der Waals surface area contributed by atoms with Crippen LogP contribution >= 0.6 is 22.9 Å². The van der Waals surface area contributed by atoms with E-state index in [1.54, 1.807) is 11.3 Å². The van der Waals surface area contributed by atoms with Crippen molar-refractivity contribution in [2.75, 3.05) is 6.61 Å². The van der Waals surface area contributed by atoms with E-state index in [9.17, 15) is 0 Å². The maximum atomic E-state index is 5.97. The van der Waals surface area contributed by atoms with Crippen LogP contribution in [0.1, 0.15) is 29.2 Å². The Bertz CT molecular complexity index is 554. The number of halogens is 1. The van der Waals surface area contributed by atoms with E-state index < -0.39 is 0 Å². The van der Waals surface area contributed by atoms with E-state index in [0.29, 0.717) is 6.61 Å². The lowest BCUT2D eigenvalue weighted by atomic mass is 10.2. The highest BCUT2D eigenvalue weighted by molar-refractivity contribution is 7.09. The molecule has 1 unspecified atom stereocenters. The van der Waals surface area contributed by atoms with Crippen molar-refractivity contribution >= 4 is 22.9 Å². The molecule has 102 valence electrons. The van der Waals surface area contributed by atoms with Gasteiger partial charge < -0.3 is 10.5 Å². The zero-order valence-electron chi connectivity index (χ0n) is 11.0. The van der Waals surface area contributed by atoms with Crippen LogP contribution in [0.25, 0.3) is 0 Å². The highest BCUT2D eigenvalue weighted by atomic mass is 35.5. The average Bonchev–Trinajstić information content (AvgIpc) is 2.83. The molecule has 19 heavy (non-hydrogen) atoms. The summed E-state index contributed by atoms with van der Waals surface area (Å²) in [6.45, 7) is 4.50. The zero-order chi connectivity index (χ0) is 13.8. The molecule has 2 aromatic rings. The first-order valence-electron chi connectivity index (χ1n) is 6.15. The van der Waals surface area contributed by atoms with Gasteiger partial charge in [0.05, 0.1) is 17.3 Å². The van der Waals surface area contributed by atoms with E-state index in [0.717, 1.165) is 33.5 Å². The first-order chi connectivity index (χ1) is 9.06. The fourth-order valence-corrected chi connectivity index (χ4v) is 2.61. The molecule has 0 saturated heterocycles. The van der Waals surface area contributed by atoms with Gasteiger partial charge in [-0.1, -0.05) is 11.6 Å². The van der Waals surface area contributed by atoms with Gasteiger partial charge >= 0.3 is 0 Å². The van der Waals surface area contributed by atoms with Gasteiger partial charge in [0.1, 0.15) is 5.75 Å². The Morgan fingerprint density at radius 2 is 2.26 bits per heavy atom. The Kier molecular flexibility index (Phi) is 4.80. The summed E-state index contributed by atoms with van der Waals surface area (Å²) >= 11 is 7.59. The number of aryl methyl sites for hydroxylation is 1. The number of nitrogens with two attached hydrogens (primary N) is 1. The number of aromatic nitrogens is 1. The van der Waals surface area contributed by atoms with Crippen molar-refractivity contribution in [3.8, 4) is 5.75 Å². The van der Waals surface area contributed by atoms with Gasteiger partial charge in [0, 0.05) is 22.9 Å². The van der Waals surface area contributed by atoms with E-state index in [2.05, 4.69) is 4.98 Å². The predicted molar refractivity (Wildman–Crippen MR) is 80.1 cm³/mol. The van der Waals surface area contributed by atoms with Crippen molar-refractivity contribution < 1.29 is 4.74 Å². The minimum atomic E-state index is -0.00941. The quantitative estimate of drug-likeness (QED) is 0.914. The van der Waals surface area contributed by atoms with Crippen LogP contribution < -0.4 is 10.5 Å². The van der Waals surface area contributed by atoms with Crippen LogP contribution in [0.5, 0.6) is 5.75 Å². The molecule has 2 N–H and O–H groups in total. The van der Waals surface area contributed by atoms with Crippen molar-refractivity contribution in [1.29, 1.82) is 0 Å². The fraction of sp³-hybridized carbons (Fsp3) is 0.357. The Labute approximate surface area is 122 Å². The third kappa shape index (κ3) is 3.93. The molecule has 0 spiro atoms. The fourth-order valence-electron chi connectivity index (χ4n) is 1.61. The average molecular weight is 297 g/mol. The molecule has 0 fully saturated rings. The molecule has 1 aromatic heterocycles. The summed E-state index contributed by atoms with van der Waals surface area (Å²) < 4.78 is 5.69. The highest BCUT2D eigenvalue weighted by Gasteiger charge is 2.06. The maximum Gasteiger partial charge on any atom is 0.119 e. The standard InChI is InChI=1S/C14H17ClN2OS/c1-9-7-11(3-4-12(9)15)18-6-5-14-17-13(8-19-14)10(2)16/h3-4,7-8,10H,5-6,16H2,1-2H3. The normalized spacial score (nSPS) is 12.4. The molecule has 5 heteroatoms. The molecule has 1 heterocycles. The monoisotopic (exact) mass is 296 g/mol. The first kappa shape index (κ1) is 14.3. The molecular weight excluding hydrogens is 280 g/mol. The van der Waals surface area contributed by atoms with Crippen LogP contribution in [0, 0.1) is 6.92 Å². The zero-order valence-corrected chi connectivity index (χ0v) is 12.6. The van der Waals surface area contributed by atoms with Gasteiger partial charge in [-0.15, -0.1) is 11.3 Å². The summed E-state index contributed by atoms with van der Waals surface area (Å²) in [5.41, 5.74) is 7.75. The Hall–Kier alpha value is -1.10. The lowest BCUT2D eigenvalue weighted by Crippen LogP contribution is -2.06. The molecule has 0 saturated carbocycles. The number of rotatable bonds is 5. The molecular formula is C14H17ClN2OS. The third-order valence-corrected chi connectivity index (χ3v) is 4.10. The molecule has 1 aromatic carbocycles. The van der Waals surface area contributed by atoms with Gasteiger partial charge in [-0.2, -0.15) is 0 Å². The number of hydrogen-bond acceptors (Lipinski definition) is 4. The van der Waals surface area contributed by atoms with Crippen molar-refractivity contribution in [2.45, 2.75) is 26.3 Å². The number of thiazole rings is 1. The second-order valence-corrected chi connectivity index (χ2v) is 5.81. The van der Waals surface area contributed by atoms with Gasteiger partial charge in [-0.05, 0) is 37.6 Å². The van der Waals surface area contributed by atoms with Gasteiger partial charge in [-0.3, -0.25) is 0 Å². The lowest BCUT2D eigenvalue weighted by Gasteiger charge is -2.06. The number of benzene rings is 1. The number of hydrogen-bond donors (Lipinski definition) is 1. The number of ether oxygens (including phenoxy) is 1. The van der Waals surface area contributed by atoms with Gasteiger partial charge in [0.2, 0.25) is 0 Å². The summed E-state index contributed by atoms with van der Waals surface area (Å²) in [7, 11) is 0. The van der Waals surface area contributed by atoms with Gasteiger partial charge in [0.15, 0.2) is 0 Å². The topological polar surface area (TPSA) is 48.1 Å². The molecule has 0 bridgehead atoms. The van der Waals surface area contributed by atoms with Crippen LogP contribution in [0.15, 0.2) is 23.6 Å². The summed E-state index contributed by atoms with van der Waals surface area (Å²) in [6.07, 6.45) is 0.791. The van der Waals surface area contributed by atoms with Crippen LogP contribution in [0.2, 0.25) is 5.02 Å². The first-order valence-corrected chi connectivity index (χ1v) is 7.41. The molecule has 0 radical (unpaired) electrons. The lowest BCUT2D eigenvalue weighted by molar-refractivity contribution is 0.321. The smallest absolute Gasteiger partial charge is 0.119 e. The minimum Gasteiger partial charge on any atom is -0.493 e. The summed E-state index contributed by atoms with van der Waals surface area (Å²) in [4.78, 5) is 4.47. The SMILES string of the molecule is Cc1cc(OCCc2nc(C(C)N)cs2)ccc1Cl. The molecule has 0 aliphatic heterocycles. The van der Waals surface area contributed by atoms with Crippen LogP contribution in [-0.2, 0) is 6.42 Å². The van der Waals surface area contributed by atoms with Crippen molar-refractivity contribution in [3.05, 3.63) is 44.9 Å². The Balaban J connectivity index is 1.87. The summed E-state index contributed by atoms with van der Waals surface area (Å²) in [6, 6.07) is 5.66. The molecule has 0 aliphatic rings. The second kappa shape index (κ2) is 6.37. The number of nitrogens with zero attached hydrogens (tertiary/aromatic N) is 1. The summed E-state index contributed by atoms with van der Waals surface area (Å²) in [5, 5.41) is 3.82. The predicted octanol–water partition coefficient (Wildman–Crippen LogP) is 3.75. The van der Waals surface area contributed by atoms with E-state index in [4.69, 9.17) is 22.1 Å². The van der Waals surface area contributed by atoms with E-state index in [1.807, 2.05) is 37.4 Å². The molecule has 1 atom stereocenters. The second-order valence-electron chi connectivity index (χ2n) is 4.46. The Morgan fingerprint density at radius 1 is 1.47 bits per heavy atom. The molecule has 0 amide bonds. The minimum absolute atomic E-state index is 0.00941. The largest absolute Gasteiger partial charge is 0.493 e. The molecule has 0 aliphatic carbocycles. The Morgan fingerprint density at radius 3 is 2.89 bits per heavy atom. The van der Waals surface area contributed by atoms with Crippen molar-refractivity contribution in [3.63, 3.8) is 0 Å². The van der Waals surface area contributed by atoms with E-state index >= 15 is 0 Å². The van der Waals surface area contributed by atoms with Crippen LogP contribution in [0.3, 0.4) is 0 Å². The van der Waals surface area contributed by atoms with Crippen LogP contribution in [-0.4, -0.2) is 11.6 Å². The third-order valence-electron chi connectivity index (χ3n) is 2.75. The maximum absolute atomic E-state index is 5.97.